The number of carboxylic acid groups (broad SMARTS) is 1. The standard InChI is InChI=1S/C17H34NO6P/c1-4-7-8-9-10-12-14(6-3)23-16(11-5-2)24-25(21)22-13-15(18)17(19)20/h6,15-16,21H,4-5,7-13,18H2,1-3H3,(H,19,20)/b14-6+/t15-,16?,25?/m0/s1. The maximum atomic E-state index is 10.6. The van der Waals surface area contributed by atoms with Gasteiger partial charge in [-0.1, -0.05) is 46.0 Å². The summed E-state index contributed by atoms with van der Waals surface area (Å²) in [6.45, 7) is 5.77. The first-order chi connectivity index (χ1) is 11.9. The first-order valence-electron chi connectivity index (χ1n) is 9.03. The summed E-state index contributed by atoms with van der Waals surface area (Å²) in [5.41, 5.74) is 5.32. The molecule has 2 unspecified atom stereocenters. The number of nitrogens with two attached hydrogens (primary N) is 1. The van der Waals surface area contributed by atoms with Crippen LogP contribution in [-0.2, 0) is 18.6 Å². The Morgan fingerprint density at radius 2 is 1.88 bits per heavy atom. The van der Waals surface area contributed by atoms with E-state index in [1.54, 1.807) is 0 Å². The van der Waals surface area contributed by atoms with E-state index in [4.69, 9.17) is 24.6 Å². The van der Waals surface area contributed by atoms with Gasteiger partial charge in [0.15, 0.2) is 0 Å². The maximum Gasteiger partial charge on any atom is 0.333 e. The van der Waals surface area contributed by atoms with Crippen molar-refractivity contribution in [2.75, 3.05) is 6.61 Å². The van der Waals surface area contributed by atoms with Crippen molar-refractivity contribution in [1.82, 2.24) is 0 Å². The summed E-state index contributed by atoms with van der Waals surface area (Å²) in [6.07, 6.45) is 9.43. The third-order valence-electron chi connectivity index (χ3n) is 3.55. The van der Waals surface area contributed by atoms with Gasteiger partial charge in [-0.3, -0.25) is 9.32 Å². The normalized spacial score (nSPS) is 15.6. The number of rotatable bonds is 16. The molecule has 0 bridgehead atoms. The molecular weight excluding hydrogens is 345 g/mol. The van der Waals surface area contributed by atoms with E-state index in [9.17, 15) is 9.69 Å². The van der Waals surface area contributed by atoms with Gasteiger partial charge in [-0.15, -0.1) is 0 Å². The minimum absolute atomic E-state index is 0.315. The Morgan fingerprint density at radius 1 is 1.20 bits per heavy atom. The van der Waals surface area contributed by atoms with E-state index in [1.807, 2.05) is 19.9 Å². The Kier molecular flexibility index (Phi) is 15.1. The second kappa shape index (κ2) is 15.5. The molecule has 0 heterocycles. The third kappa shape index (κ3) is 13.2. The molecule has 0 saturated heterocycles. The first kappa shape index (κ1) is 24.3. The molecule has 0 aromatic rings. The van der Waals surface area contributed by atoms with Crippen LogP contribution >= 0.6 is 8.60 Å². The highest BCUT2D eigenvalue weighted by Gasteiger charge is 2.21. The number of unbranched alkanes of at least 4 members (excludes halogenated alkanes) is 4. The Hall–Kier alpha value is -0.720. The van der Waals surface area contributed by atoms with Crippen molar-refractivity contribution in [2.45, 2.75) is 84.5 Å². The van der Waals surface area contributed by atoms with Crippen LogP contribution in [0, 0.1) is 0 Å². The van der Waals surface area contributed by atoms with E-state index in [2.05, 4.69) is 6.92 Å². The molecule has 0 aromatic heterocycles. The highest BCUT2D eigenvalue weighted by molar-refractivity contribution is 7.40. The van der Waals surface area contributed by atoms with Gasteiger partial charge in [-0.2, -0.15) is 0 Å². The first-order valence-corrected chi connectivity index (χ1v) is 10.2. The predicted molar refractivity (Wildman–Crippen MR) is 98.7 cm³/mol. The largest absolute Gasteiger partial charge is 0.480 e. The van der Waals surface area contributed by atoms with Crippen LogP contribution in [-0.4, -0.2) is 34.9 Å². The molecule has 0 spiro atoms. The third-order valence-corrected chi connectivity index (χ3v) is 4.33. The van der Waals surface area contributed by atoms with Gasteiger partial charge in [0.2, 0.25) is 6.29 Å². The van der Waals surface area contributed by atoms with Gasteiger partial charge in [-0.05, 0) is 19.4 Å². The van der Waals surface area contributed by atoms with E-state index in [0.717, 1.165) is 31.4 Å². The second-order valence-corrected chi connectivity index (χ2v) is 6.78. The molecule has 0 amide bonds. The second-order valence-electron chi connectivity index (χ2n) is 5.84. The van der Waals surface area contributed by atoms with Gasteiger partial charge < -0.3 is 25.0 Å². The molecule has 148 valence electrons. The van der Waals surface area contributed by atoms with Crippen molar-refractivity contribution in [3.8, 4) is 0 Å². The molecule has 0 aliphatic heterocycles. The van der Waals surface area contributed by atoms with Gasteiger partial charge in [0.25, 0.3) is 0 Å². The summed E-state index contributed by atoms with van der Waals surface area (Å²) in [5.74, 6) is -0.357. The van der Waals surface area contributed by atoms with E-state index in [1.165, 1.54) is 19.3 Å². The van der Waals surface area contributed by atoms with Crippen LogP contribution < -0.4 is 5.73 Å². The Bertz CT molecular complexity index is 380. The number of hydrogen-bond donors (Lipinski definition) is 3. The summed E-state index contributed by atoms with van der Waals surface area (Å²) in [5, 5.41) is 8.70. The minimum Gasteiger partial charge on any atom is -0.480 e. The minimum atomic E-state index is -2.24. The lowest BCUT2D eigenvalue weighted by Crippen LogP contribution is -2.34. The van der Waals surface area contributed by atoms with Crippen LogP contribution in [0.15, 0.2) is 11.8 Å². The summed E-state index contributed by atoms with van der Waals surface area (Å²) >= 11 is 0. The van der Waals surface area contributed by atoms with Crippen molar-refractivity contribution in [3.63, 3.8) is 0 Å². The predicted octanol–water partition coefficient (Wildman–Crippen LogP) is 4.06. The van der Waals surface area contributed by atoms with E-state index < -0.39 is 26.9 Å². The topological polar surface area (TPSA) is 111 Å². The zero-order valence-corrected chi connectivity index (χ0v) is 16.5. The average Bonchev–Trinajstić information content (AvgIpc) is 2.58. The molecule has 8 heteroatoms. The van der Waals surface area contributed by atoms with Crippen molar-refractivity contribution in [3.05, 3.63) is 11.8 Å². The summed E-state index contributed by atoms with van der Waals surface area (Å²) in [6, 6.07) is -1.19. The molecule has 0 saturated carbocycles. The van der Waals surface area contributed by atoms with Crippen LogP contribution in [0.2, 0.25) is 0 Å². The molecule has 0 fully saturated rings. The smallest absolute Gasteiger partial charge is 0.333 e. The number of aliphatic carboxylic acids is 1. The molecule has 0 radical (unpaired) electrons. The fourth-order valence-electron chi connectivity index (χ4n) is 2.06. The molecule has 7 nitrogen and oxygen atoms in total. The SMILES string of the molecule is C/C=C(\CCCCCCC)OC(CCC)OP(O)OC[C@H](N)C(=O)O. The van der Waals surface area contributed by atoms with Crippen LogP contribution in [0.25, 0.3) is 0 Å². The fraction of sp³-hybridized carbons (Fsp3) is 0.824. The van der Waals surface area contributed by atoms with Crippen molar-refractivity contribution in [2.24, 2.45) is 5.73 Å². The average molecular weight is 379 g/mol. The van der Waals surface area contributed by atoms with E-state index >= 15 is 0 Å². The number of carbonyl (C=O) groups is 1. The van der Waals surface area contributed by atoms with Crippen molar-refractivity contribution in [1.29, 1.82) is 0 Å². The van der Waals surface area contributed by atoms with Gasteiger partial charge in [0.05, 0.1) is 12.4 Å². The highest BCUT2D eigenvalue weighted by Crippen LogP contribution is 2.36. The molecule has 0 aliphatic rings. The van der Waals surface area contributed by atoms with Gasteiger partial charge in [-0.25, -0.2) is 0 Å². The molecule has 0 aliphatic carbocycles. The number of allylic oxidation sites excluding steroid dienone is 2. The van der Waals surface area contributed by atoms with E-state index in [-0.39, 0.29) is 6.61 Å². The lowest BCUT2D eigenvalue weighted by molar-refractivity contribution is -0.139. The summed E-state index contributed by atoms with van der Waals surface area (Å²) < 4.78 is 16.2. The van der Waals surface area contributed by atoms with Crippen molar-refractivity contribution < 1.29 is 28.6 Å². The summed E-state index contributed by atoms with van der Waals surface area (Å²) in [4.78, 5) is 20.4. The Morgan fingerprint density at radius 3 is 2.44 bits per heavy atom. The maximum absolute atomic E-state index is 10.6. The monoisotopic (exact) mass is 379 g/mol. The van der Waals surface area contributed by atoms with Crippen LogP contribution in [0.5, 0.6) is 0 Å². The quantitative estimate of drug-likeness (QED) is 0.160. The van der Waals surface area contributed by atoms with Crippen LogP contribution in [0.3, 0.4) is 0 Å². The molecule has 0 aromatic carbocycles. The van der Waals surface area contributed by atoms with Gasteiger partial charge in [0, 0.05) is 12.8 Å². The fourth-order valence-corrected chi connectivity index (χ4v) is 2.76. The molecular formula is C17H34NO6P. The van der Waals surface area contributed by atoms with E-state index in [0.29, 0.717) is 6.42 Å². The molecule has 0 rings (SSSR count). The molecule has 4 N–H and O–H groups in total. The highest BCUT2D eigenvalue weighted by atomic mass is 31.2. The Balaban J connectivity index is 4.29. The number of carboxylic acids is 1. The molecule has 25 heavy (non-hydrogen) atoms. The number of ether oxygens (including phenoxy) is 1. The van der Waals surface area contributed by atoms with Gasteiger partial charge >= 0.3 is 14.6 Å². The van der Waals surface area contributed by atoms with Gasteiger partial charge in [0.1, 0.15) is 6.04 Å². The lowest BCUT2D eigenvalue weighted by Gasteiger charge is -2.23. The lowest BCUT2D eigenvalue weighted by atomic mass is 10.1. The zero-order chi connectivity index (χ0) is 19.1. The van der Waals surface area contributed by atoms with Crippen LogP contribution in [0.4, 0.5) is 0 Å². The van der Waals surface area contributed by atoms with Crippen LogP contribution in [0.1, 0.15) is 72.1 Å². The molecule has 3 atom stereocenters. The van der Waals surface area contributed by atoms with Crippen molar-refractivity contribution >= 4 is 14.6 Å². The Labute approximate surface area is 152 Å². The zero-order valence-electron chi connectivity index (χ0n) is 15.6. The summed E-state index contributed by atoms with van der Waals surface area (Å²) in [7, 11) is -2.24. The number of hydrogen-bond acceptors (Lipinski definition) is 6.